The lowest BCUT2D eigenvalue weighted by Gasteiger charge is -2.40. The zero-order valence-corrected chi connectivity index (χ0v) is 14.2. The van der Waals surface area contributed by atoms with Crippen molar-refractivity contribution in [1.29, 1.82) is 0 Å². The van der Waals surface area contributed by atoms with Crippen LogP contribution in [0.5, 0.6) is 0 Å². The Morgan fingerprint density at radius 3 is 2.76 bits per heavy atom. The molecule has 118 valence electrons. The van der Waals surface area contributed by atoms with Gasteiger partial charge in [-0.25, -0.2) is 18.1 Å². The number of pyridine rings is 1. The first kappa shape index (κ1) is 16.6. The molecule has 1 aromatic heterocycles. The predicted octanol–water partition coefficient (Wildman–Crippen LogP) is 2.47. The van der Waals surface area contributed by atoms with Crippen molar-refractivity contribution in [2.45, 2.75) is 42.2 Å². The number of nitrogens with one attached hydrogen (secondary N) is 2. The lowest BCUT2D eigenvalue weighted by atomic mass is 9.84. The third-order valence-electron chi connectivity index (χ3n) is 3.88. The van der Waals surface area contributed by atoms with Crippen LogP contribution in [0.2, 0.25) is 0 Å². The number of rotatable bonds is 8. The minimum atomic E-state index is -3.47. The van der Waals surface area contributed by atoms with E-state index >= 15 is 0 Å². The summed E-state index contributed by atoms with van der Waals surface area (Å²) in [5, 5.41) is 3.11. The molecule has 21 heavy (non-hydrogen) atoms. The van der Waals surface area contributed by atoms with E-state index in [2.05, 4.69) is 21.9 Å². The Balaban J connectivity index is 2.04. The van der Waals surface area contributed by atoms with Crippen molar-refractivity contribution in [3.05, 3.63) is 18.3 Å². The van der Waals surface area contributed by atoms with E-state index in [0.717, 1.165) is 25.8 Å². The van der Waals surface area contributed by atoms with Gasteiger partial charge in [-0.3, -0.25) is 0 Å². The highest BCUT2D eigenvalue weighted by Gasteiger charge is 2.37. The molecule has 0 radical (unpaired) electrons. The summed E-state index contributed by atoms with van der Waals surface area (Å²) in [6.45, 7) is 3.33. The highest BCUT2D eigenvalue weighted by molar-refractivity contribution is 8.00. The van der Waals surface area contributed by atoms with Crippen LogP contribution < -0.4 is 10.0 Å². The van der Waals surface area contributed by atoms with Crippen molar-refractivity contribution in [2.24, 2.45) is 0 Å². The fraction of sp³-hybridized carbons (Fsp3) is 0.643. The highest BCUT2D eigenvalue weighted by atomic mass is 32.2. The number of hydrogen-bond donors (Lipinski definition) is 2. The number of aromatic nitrogens is 1. The maximum absolute atomic E-state index is 12.4. The molecule has 1 aromatic rings. The number of hydrogen-bond acceptors (Lipinski definition) is 5. The summed E-state index contributed by atoms with van der Waals surface area (Å²) in [7, 11) is -3.47. The minimum Gasteiger partial charge on any atom is -0.370 e. The van der Waals surface area contributed by atoms with E-state index in [0.29, 0.717) is 12.4 Å². The van der Waals surface area contributed by atoms with Gasteiger partial charge in [0.15, 0.2) is 0 Å². The number of anilines is 1. The third kappa shape index (κ3) is 4.11. The Morgan fingerprint density at radius 1 is 1.43 bits per heavy atom. The summed E-state index contributed by atoms with van der Waals surface area (Å²) >= 11 is 1.76. The zero-order valence-electron chi connectivity index (χ0n) is 12.6. The molecule has 2 N–H and O–H groups in total. The fourth-order valence-corrected chi connectivity index (χ4v) is 4.41. The summed E-state index contributed by atoms with van der Waals surface area (Å²) in [5.41, 5.74) is 0. The van der Waals surface area contributed by atoms with E-state index < -0.39 is 10.0 Å². The van der Waals surface area contributed by atoms with Crippen LogP contribution >= 0.6 is 11.8 Å². The van der Waals surface area contributed by atoms with Gasteiger partial charge >= 0.3 is 0 Å². The summed E-state index contributed by atoms with van der Waals surface area (Å²) < 4.78 is 27.6. The molecular weight excluding hydrogens is 306 g/mol. The highest BCUT2D eigenvalue weighted by Crippen LogP contribution is 2.42. The van der Waals surface area contributed by atoms with E-state index in [1.807, 2.05) is 6.26 Å². The average molecular weight is 329 g/mol. The van der Waals surface area contributed by atoms with Crippen LogP contribution in [0.4, 0.5) is 5.82 Å². The summed E-state index contributed by atoms with van der Waals surface area (Å²) in [4.78, 5) is 4.41. The quantitative estimate of drug-likeness (QED) is 0.766. The van der Waals surface area contributed by atoms with Crippen molar-refractivity contribution in [2.75, 3.05) is 24.7 Å². The second-order valence-electron chi connectivity index (χ2n) is 5.37. The van der Waals surface area contributed by atoms with E-state index in [9.17, 15) is 8.42 Å². The molecule has 1 aliphatic rings. The fourth-order valence-electron chi connectivity index (χ4n) is 2.26. The molecule has 0 bridgehead atoms. The van der Waals surface area contributed by atoms with E-state index in [1.165, 1.54) is 18.7 Å². The van der Waals surface area contributed by atoms with Crippen LogP contribution in [0.3, 0.4) is 0 Å². The monoisotopic (exact) mass is 329 g/mol. The average Bonchev–Trinajstić information content (AvgIpc) is 2.45. The van der Waals surface area contributed by atoms with Crippen LogP contribution in [0.15, 0.2) is 23.2 Å². The molecule has 5 nitrogen and oxygen atoms in total. The molecule has 0 spiro atoms. The van der Waals surface area contributed by atoms with Gasteiger partial charge in [-0.05, 0) is 31.6 Å². The summed E-state index contributed by atoms with van der Waals surface area (Å²) in [6.07, 6.45) is 7.88. The van der Waals surface area contributed by atoms with Gasteiger partial charge in [0.05, 0.1) is 4.90 Å². The van der Waals surface area contributed by atoms with Crippen molar-refractivity contribution in [3.63, 3.8) is 0 Å². The first-order chi connectivity index (χ1) is 10.0. The molecule has 1 saturated carbocycles. The molecule has 1 fully saturated rings. The smallest absolute Gasteiger partial charge is 0.240 e. The Hall–Kier alpha value is -0.790. The summed E-state index contributed by atoms with van der Waals surface area (Å²) in [5.74, 6) is 0.600. The number of nitrogens with zero attached hydrogens (tertiary/aromatic N) is 1. The standard InChI is InChI=1S/C14H23N3O2S2/c1-3-8-15-13-10-12(5-9-16-13)21(18,19)17-11-14(20-2)6-4-7-14/h5,9-10,17H,3-4,6-8,11H2,1-2H3,(H,15,16). The van der Waals surface area contributed by atoms with Crippen LogP contribution in [-0.4, -0.2) is 37.5 Å². The molecule has 0 amide bonds. The van der Waals surface area contributed by atoms with E-state index in [1.54, 1.807) is 17.8 Å². The van der Waals surface area contributed by atoms with Crippen LogP contribution in [0.25, 0.3) is 0 Å². The van der Waals surface area contributed by atoms with E-state index in [-0.39, 0.29) is 9.64 Å². The lowest BCUT2D eigenvalue weighted by Crippen LogP contribution is -2.45. The summed E-state index contributed by atoms with van der Waals surface area (Å²) in [6, 6.07) is 3.12. The minimum absolute atomic E-state index is 0.0867. The normalized spacial score (nSPS) is 17.2. The maximum Gasteiger partial charge on any atom is 0.240 e. The molecule has 0 aliphatic heterocycles. The molecule has 1 aliphatic carbocycles. The molecule has 0 atom stereocenters. The van der Waals surface area contributed by atoms with Gasteiger partial charge in [-0.15, -0.1) is 0 Å². The van der Waals surface area contributed by atoms with Gasteiger partial charge in [0.25, 0.3) is 0 Å². The molecule has 0 saturated heterocycles. The van der Waals surface area contributed by atoms with Gasteiger partial charge in [0.1, 0.15) is 5.82 Å². The molecule has 0 aromatic carbocycles. The van der Waals surface area contributed by atoms with Gasteiger partial charge < -0.3 is 5.32 Å². The molecule has 1 heterocycles. The Morgan fingerprint density at radius 2 is 2.19 bits per heavy atom. The molecular formula is C14H23N3O2S2. The number of thioether (sulfide) groups is 1. The van der Waals surface area contributed by atoms with Crippen LogP contribution in [0.1, 0.15) is 32.6 Å². The molecule has 7 heteroatoms. The Kier molecular flexibility index (Phi) is 5.51. The SMILES string of the molecule is CCCNc1cc(S(=O)(=O)NCC2(SC)CCC2)ccn1. The predicted molar refractivity (Wildman–Crippen MR) is 88.3 cm³/mol. The second kappa shape index (κ2) is 6.98. The van der Waals surface area contributed by atoms with Crippen LogP contribution in [-0.2, 0) is 10.0 Å². The van der Waals surface area contributed by atoms with Crippen molar-refractivity contribution in [3.8, 4) is 0 Å². The second-order valence-corrected chi connectivity index (χ2v) is 8.41. The van der Waals surface area contributed by atoms with Crippen molar-refractivity contribution < 1.29 is 8.42 Å². The van der Waals surface area contributed by atoms with E-state index in [4.69, 9.17) is 0 Å². The zero-order chi connectivity index (χ0) is 15.3. The largest absolute Gasteiger partial charge is 0.370 e. The van der Waals surface area contributed by atoms with Gasteiger partial charge in [0, 0.05) is 30.1 Å². The molecule has 0 unspecified atom stereocenters. The van der Waals surface area contributed by atoms with Crippen molar-refractivity contribution >= 4 is 27.6 Å². The van der Waals surface area contributed by atoms with Gasteiger partial charge in [0.2, 0.25) is 10.0 Å². The topological polar surface area (TPSA) is 71.1 Å². The first-order valence-electron chi connectivity index (χ1n) is 7.26. The van der Waals surface area contributed by atoms with Crippen LogP contribution in [0, 0.1) is 0 Å². The number of sulfonamides is 1. The third-order valence-corrected chi connectivity index (χ3v) is 6.70. The van der Waals surface area contributed by atoms with Crippen molar-refractivity contribution in [1.82, 2.24) is 9.71 Å². The maximum atomic E-state index is 12.4. The first-order valence-corrected chi connectivity index (χ1v) is 9.97. The van der Waals surface area contributed by atoms with Gasteiger partial charge in [-0.2, -0.15) is 11.8 Å². The lowest BCUT2D eigenvalue weighted by molar-refractivity contribution is 0.362. The Labute approximate surface area is 131 Å². The molecule has 2 rings (SSSR count). The Bertz CT molecular complexity index is 566. The van der Waals surface area contributed by atoms with Gasteiger partial charge in [-0.1, -0.05) is 13.3 Å².